The highest BCUT2D eigenvalue weighted by Crippen LogP contribution is 2.29. The molecule has 0 bridgehead atoms. The van der Waals surface area contributed by atoms with Crippen molar-refractivity contribution >= 4 is 23.2 Å². The zero-order chi connectivity index (χ0) is 15.8. The van der Waals surface area contributed by atoms with Crippen molar-refractivity contribution in [2.24, 2.45) is 4.99 Å². The second-order valence-corrected chi connectivity index (χ2v) is 6.47. The van der Waals surface area contributed by atoms with Crippen LogP contribution in [-0.2, 0) is 4.74 Å². The summed E-state index contributed by atoms with van der Waals surface area (Å²) in [5.74, 6) is 1.30. The zero-order valence-electron chi connectivity index (χ0n) is 12.7. The van der Waals surface area contributed by atoms with Crippen molar-refractivity contribution in [3.63, 3.8) is 0 Å². The first-order chi connectivity index (χ1) is 11.2. The molecule has 23 heavy (non-hydrogen) atoms. The van der Waals surface area contributed by atoms with Gasteiger partial charge in [0.1, 0.15) is 0 Å². The normalized spacial score (nSPS) is 20.7. The highest BCUT2D eigenvalue weighted by molar-refractivity contribution is 7.10. The van der Waals surface area contributed by atoms with Crippen LogP contribution < -0.4 is 10.9 Å². The summed E-state index contributed by atoms with van der Waals surface area (Å²) < 4.78 is 7.02. The number of hydrogen-bond acceptors (Lipinski definition) is 7. The highest BCUT2D eigenvalue weighted by Gasteiger charge is 2.28. The predicted octanol–water partition coefficient (Wildman–Crippen LogP) is 1.27. The van der Waals surface area contributed by atoms with Crippen LogP contribution in [0.5, 0.6) is 0 Å². The van der Waals surface area contributed by atoms with Gasteiger partial charge in [-0.3, -0.25) is 14.7 Å². The molecule has 120 valence electrons. The third-order valence-corrected chi connectivity index (χ3v) is 4.81. The van der Waals surface area contributed by atoms with Crippen LogP contribution in [0, 0.1) is 6.92 Å². The molecule has 4 rings (SSSR count). The van der Waals surface area contributed by atoms with Crippen LogP contribution in [-0.4, -0.2) is 46.7 Å². The van der Waals surface area contributed by atoms with E-state index in [0.29, 0.717) is 24.9 Å². The van der Waals surface area contributed by atoms with Crippen molar-refractivity contribution in [1.29, 1.82) is 0 Å². The fourth-order valence-electron chi connectivity index (χ4n) is 2.80. The number of aliphatic imine (C=N–C) groups is 1. The number of nitrogens with zero attached hydrogens (tertiary/aromatic N) is 4. The molecule has 2 aromatic heterocycles. The van der Waals surface area contributed by atoms with Crippen molar-refractivity contribution < 1.29 is 4.74 Å². The monoisotopic (exact) mass is 331 g/mol. The highest BCUT2D eigenvalue weighted by atomic mass is 32.1. The Balaban J connectivity index is 1.81. The molecule has 0 radical (unpaired) electrons. The van der Waals surface area contributed by atoms with E-state index in [1.807, 2.05) is 24.4 Å². The number of nitrogens with one attached hydrogen (secondary N) is 1. The summed E-state index contributed by atoms with van der Waals surface area (Å²) in [6.07, 6.45) is -0.371. The molecule has 2 aliphatic heterocycles. The zero-order valence-corrected chi connectivity index (χ0v) is 13.5. The molecule has 1 saturated heterocycles. The van der Waals surface area contributed by atoms with Crippen LogP contribution in [0.1, 0.15) is 16.7 Å². The number of morpholine rings is 1. The Hall–Kier alpha value is -2.19. The van der Waals surface area contributed by atoms with Gasteiger partial charge in [0.2, 0.25) is 11.9 Å². The van der Waals surface area contributed by atoms with Gasteiger partial charge in [-0.15, -0.1) is 11.3 Å². The predicted molar refractivity (Wildman–Crippen MR) is 89.1 cm³/mol. The van der Waals surface area contributed by atoms with Crippen LogP contribution in [0.2, 0.25) is 0 Å². The number of anilines is 1. The van der Waals surface area contributed by atoms with Crippen molar-refractivity contribution in [3.05, 3.63) is 44.5 Å². The van der Waals surface area contributed by atoms with E-state index in [-0.39, 0.29) is 11.7 Å². The summed E-state index contributed by atoms with van der Waals surface area (Å²) in [5, 5.41) is 5.21. The molecule has 0 aromatic carbocycles. The molecule has 4 heterocycles. The van der Waals surface area contributed by atoms with Gasteiger partial charge in [-0.2, -0.15) is 0 Å². The van der Waals surface area contributed by atoms with Gasteiger partial charge >= 0.3 is 0 Å². The Morgan fingerprint density at radius 3 is 2.96 bits per heavy atom. The van der Waals surface area contributed by atoms with Crippen molar-refractivity contribution in [3.8, 4) is 0 Å². The van der Waals surface area contributed by atoms with Crippen molar-refractivity contribution in [1.82, 2.24) is 14.5 Å². The first-order valence-corrected chi connectivity index (χ1v) is 8.41. The minimum absolute atomic E-state index is 0.0943. The van der Waals surface area contributed by atoms with Crippen molar-refractivity contribution in [2.75, 3.05) is 31.6 Å². The van der Waals surface area contributed by atoms with Crippen LogP contribution >= 0.6 is 11.3 Å². The number of thiophene rings is 1. The molecular formula is C15H17N5O2S. The van der Waals surface area contributed by atoms with Crippen LogP contribution in [0.25, 0.3) is 0 Å². The molecule has 0 aliphatic carbocycles. The van der Waals surface area contributed by atoms with Crippen molar-refractivity contribution in [2.45, 2.75) is 13.1 Å². The molecule has 2 aromatic rings. The third-order valence-electron chi connectivity index (χ3n) is 3.90. The van der Waals surface area contributed by atoms with E-state index in [4.69, 9.17) is 9.73 Å². The lowest BCUT2D eigenvalue weighted by molar-refractivity contribution is 0.0675. The Bertz CT molecular complexity index is 793. The second-order valence-electron chi connectivity index (χ2n) is 5.50. The van der Waals surface area contributed by atoms with Gasteiger partial charge in [0, 0.05) is 29.7 Å². The molecule has 1 atom stereocenters. The Labute approximate surface area is 137 Å². The summed E-state index contributed by atoms with van der Waals surface area (Å²) in [4.78, 5) is 24.9. The number of aryl methyl sites for hydroxylation is 1. The molecule has 2 aliphatic rings. The third kappa shape index (κ3) is 2.64. The summed E-state index contributed by atoms with van der Waals surface area (Å²) in [7, 11) is 0. The molecule has 7 nitrogen and oxygen atoms in total. The van der Waals surface area contributed by atoms with Gasteiger partial charge in [0.25, 0.3) is 5.56 Å². The fraction of sp³-hybridized carbons (Fsp3) is 0.400. The molecule has 0 amide bonds. The largest absolute Gasteiger partial charge is 0.378 e. The van der Waals surface area contributed by atoms with Crippen LogP contribution in [0.15, 0.2) is 33.4 Å². The van der Waals surface area contributed by atoms with E-state index in [2.05, 4.69) is 15.2 Å². The summed E-state index contributed by atoms with van der Waals surface area (Å²) in [5.41, 5.74) is 0.602. The van der Waals surface area contributed by atoms with E-state index in [1.54, 1.807) is 22.0 Å². The van der Waals surface area contributed by atoms with E-state index in [0.717, 1.165) is 23.9 Å². The molecular weight excluding hydrogens is 314 g/mol. The van der Waals surface area contributed by atoms with Crippen LogP contribution in [0.3, 0.4) is 0 Å². The van der Waals surface area contributed by atoms with E-state index < -0.39 is 0 Å². The maximum atomic E-state index is 12.5. The molecule has 1 fully saturated rings. The van der Waals surface area contributed by atoms with Gasteiger partial charge in [0.15, 0.2) is 6.17 Å². The topological polar surface area (TPSA) is 71.8 Å². The van der Waals surface area contributed by atoms with Crippen LogP contribution in [0.4, 0.5) is 5.95 Å². The number of ether oxygens (including phenoxy) is 1. The van der Waals surface area contributed by atoms with Gasteiger partial charge in [-0.1, -0.05) is 6.07 Å². The van der Waals surface area contributed by atoms with E-state index in [1.165, 1.54) is 0 Å². The number of hydrogen-bond donors (Lipinski definition) is 1. The lowest BCUT2D eigenvalue weighted by Crippen LogP contribution is -2.47. The standard InChI is InChI=1S/C15H17N5O2S/c1-10-9-12(21)20-13(11-3-2-8-23-11)17-14(18-15(20)16-10)19-4-6-22-7-5-19/h2-3,8-9,13H,4-7H2,1H3,(H,16,17,18)/t13-/m0/s1. The Kier molecular flexibility index (Phi) is 3.62. The first kappa shape index (κ1) is 14.4. The van der Waals surface area contributed by atoms with E-state index in [9.17, 15) is 4.79 Å². The molecule has 0 spiro atoms. The number of guanidine groups is 1. The number of aromatic nitrogens is 2. The average Bonchev–Trinajstić information content (AvgIpc) is 3.08. The molecule has 1 N–H and O–H groups in total. The van der Waals surface area contributed by atoms with E-state index >= 15 is 0 Å². The summed E-state index contributed by atoms with van der Waals surface area (Å²) in [6.45, 7) is 4.74. The minimum atomic E-state index is -0.371. The smallest absolute Gasteiger partial charge is 0.257 e. The molecule has 0 saturated carbocycles. The second kappa shape index (κ2) is 5.78. The lowest BCUT2D eigenvalue weighted by atomic mass is 10.3. The van der Waals surface area contributed by atoms with Gasteiger partial charge in [-0.25, -0.2) is 9.98 Å². The Morgan fingerprint density at radius 1 is 1.39 bits per heavy atom. The maximum absolute atomic E-state index is 12.5. The minimum Gasteiger partial charge on any atom is -0.378 e. The molecule has 8 heteroatoms. The quantitative estimate of drug-likeness (QED) is 0.852. The summed E-state index contributed by atoms with van der Waals surface area (Å²) in [6, 6.07) is 5.51. The summed E-state index contributed by atoms with van der Waals surface area (Å²) >= 11 is 1.59. The lowest BCUT2D eigenvalue weighted by Gasteiger charge is -2.34. The first-order valence-electron chi connectivity index (χ1n) is 7.53. The maximum Gasteiger partial charge on any atom is 0.257 e. The van der Waals surface area contributed by atoms with Gasteiger partial charge in [-0.05, 0) is 18.4 Å². The number of rotatable bonds is 1. The molecule has 0 unspecified atom stereocenters. The fourth-order valence-corrected chi connectivity index (χ4v) is 3.55. The average molecular weight is 331 g/mol. The Morgan fingerprint density at radius 2 is 2.22 bits per heavy atom. The SMILES string of the molecule is Cc1cc(=O)n2c(n1)NC(N1CCOCC1)=N[C@@H]2c1cccs1. The number of fused-ring (bicyclic) bond motifs is 1. The van der Waals surface area contributed by atoms with Gasteiger partial charge in [0.05, 0.1) is 13.2 Å². The van der Waals surface area contributed by atoms with Gasteiger partial charge < -0.3 is 9.64 Å².